The Bertz CT molecular complexity index is 986. The highest BCUT2D eigenvalue weighted by molar-refractivity contribution is 5.91. The SMILES string of the molecule is O=C(COC(=O)c1cc(-c2ccccc2)nn1-c1ccccc1)NCC(F)(F)F. The Balaban J connectivity index is 1.81. The third-order valence-corrected chi connectivity index (χ3v) is 3.81. The lowest BCUT2D eigenvalue weighted by molar-refractivity contribution is -0.140. The first-order valence-corrected chi connectivity index (χ1v) is 8.55. The van der Waals surface area contributed by atoms with Crippen LogP contribution in [0.2, 0.25) is 0 Å². The van der Waals surface area contributed by atoms with Gasteiger partial charge in [-0.1, -0.05) is 48.5 Å². The highest BCUT2D eigenvalue weighted by Gasteiger charge is 2.28. The normalized spacial score (nSPS) is 11.1. The van der Waals surface area contributed by atoms with Crippen LogP contribution in [0.4, 0.5) is 13.2 Å². The fourth-order valence-electron chi connectivity index (χ4n) is 2.50. The zero-order chi connectivity index (χ0) is 20.9. The van der Waals surface area contributed by atoms with Crippen LogP contribution in [-0.4, -0.2) is 41.0 Å². The van der Waals surface area contributed by atoms with E-state index in [0.717, 1.165) is 5.56 Å². The van der Waals surface area contributed by atoms with Crippen LogP contribution < -0.4 is 5.32 Å². The molecule has 9 heteroatoms. The molecule has 0 unspecified atom stereocenters. The zero-order valence-corrected chi connectivity index (χ0v) is 15.0. The number of alkyl halides is 3. The molecule has 0 aliphatic rings. The number of nitrogens with one attached hydrogen (secondary N) is 1. The van der Waals surface area contributed by atoms with Gasteiger partial charge in [-0.25, -0.2) is 9.48 Å². The number of ether oxygens (including phenoxy) is 1. The number of benzene rings is 2. The molecule has 0 saturated carbocycles. The number of hydrogen-bond acceptors (Lipinski definition) is 4. The largest absolute Gasteiger partial charge is 0.451 e. The van der Waals surface area contributed by atoms with Crippen LogP contribution in [0, 0.1) is 0 Å². The lowest BCUT2D eigenvalue weighted by atomic mass is 10.1. The van der Waals surface area contributed by atoms with E-state index in [1.807, 2.05) is 30.3 Å². The lowest BCUT2D eigenvalue weighted by Crippen LogP contribution is -2.36. The highest BCUT2D eigenvalue weighted by atomic mass is 19.4. The monoisotopic (exact) mass is 403 g/mol. The number of halogens is 3. The van der Waals surface area contributed by atoms with Crippen molar-refractivity contribution in [2.24, 2.45) is 0 Å². The van der Waals surface area contributed by atoms with Gasteiger partial charge in [0.15, 0.2) is 12.3 Å². The second-order valence-electron chi connectivity index (χ2n) is 6.00. The number of rotatable bonds is 6. The van der Waals surface area contributed by atoms with Crippen molar-refractivity contribution in [3.63, 3.8) is 0 Å². The Labute approximate surface area is 163 Å². The van der Waals surface area contributed by atoms with Crippen LogP contribution >= 0.6 is 0 Å². The van der Waals surface area contributed by atoms with Crippen LogP contribution in [0.3, 0.4) is 0 Å². The molecule has 0 radical (unpaired) electrons. The molecule has 0 atom stereocenters. The van der Waals surface area contributed by atoms with Crippen molar-refractivity contribution in [3.05, 3.63) is 72.4 Å². The molecular formula is C20H16F3N3O3. The first-order valence-electron chi connectivity index (χ1n) is 8.55. The maximum absolute atomic E-state index is 12.5. The smallest absolute Gasteiger partial charge is 0.405 e. The topological polar surface area (TPSA) is 73.2 Å². The Morgan fingerprint density at radius 3 is 2.24 bits per heavy atom. The van der Waals surface area contributed by atoms with Gasteiger partial charge in [0, 0.05) is 5.56 Å². The molecule has 2 aromatic carbocycles. The minimum absolute atomic E-state index is 0.0404. The maximum Gasteiger partial charge on any atom is 0.405 e. The summed E-state index contributed by atoms with van der Waals surface area (Å²) >= 11 is 0. The molecule has 0 saturated heterocycles. The van der Waals surface area contributed by atoms with Gasteiger partial charge in [0.05, 0.1) is 11.4 Å². The van der Waals surface area contributed by atoms with Gasteiger partial charge in [0.1, 0.15) is 6.54 Å². The molecule has 6 nitrogen and oxygen atoms in total. The van der Waals surface area contributed by atoms with Crippen molar-refractivity contribution in [1.82, 2.24) is 15.1 Å². The molecule has 0 aliphatic heterocycles. The van der Waals surface area contributed by atoms with E-state index in [1.54, 1.807) is 35.6 Å². The summed E-state index contributed by atoms with van der Waals surface area (Å²) in [5.41, 5.74) is 1.89. The molecular weight excluding hydrogens is 387 g/mol. The van der Waals surface area contributed by atoms with Crippen molar-refractivity contribution in [1.29, 1.82) is 0 Å². The molecule has 0 spiro atoms. The van der Waals surface area contributed by atoms with E-state index < -0.39 is 31.2 Å². The summed E-state index contributed by atoms with van der Waals surface area (Å²) in [6.45, 7) is -2.33. The fraction of sp³-hybridized carbons (Fsp3) is 0.150. The molecule has 3 aromatic rings. The van der Waals surface area contributed by atoms with E-state index >= 15 is 0 Å². The summed E-state index contributed by atoms with van der Waals surface area (Å²) < 4.78 is 42.7. The first-order chi connectivity index (χ1) is 13.8. The van der Waals surface area contributed by atoms with Gasteiger partial charge in [-0.2, -0.15) is 18.3 Å². The molecule has 1 amide bonds. The van der Waals surface area contributed by atoms with Crippen molar-refractivity contribution < 1.29 is 27.5 Å². The summed E-state index contributed by atoms with van der Waals surface area (Å²) in [7, 11) is 0. The molecule has 150 valence electrons. The molecule has 0 aliphatic carbocycles. The number of para-hydroxylation sites is 1. The number of amides is 1. The van der Waals surface area contributed by atoms with Crippen LogP contribution in [0.25, 0.3) is 16.9 Å². The quantitative estimate of drug-likeness (QED) is 0.641. The third-order valence-electron chi connectivity index (χ3n) is 3.81. The summed E-state index contributed by atoms with van der Waals surface area (Å²) in [5.74, 6) is -1.93. The molecule has 3 rings (SSSR count). The van der Waals surface area contributed by atoms with Crippen LogP contribution in [-0.2, 0) is 9.53 Å². The minimum Gasteiger partial charge on any atom is -0.451 e. The standard InChI is InChI=1S/C20H16F3N3O3/c21-20(22,23)13-24-18(27)12-29-19(28)17-11-16(14-7-3-1-4-8-14)25-26(17)15-9-5-2-6-10-15/h1-11H,12-13H2,(H,24,27). The van der Waals surface area contributed by atoms with E-state index in [2.05, 4.69) is 5.10 Å². The van der Waals surface area contributed by atoms with Gasteiger partial charge in [0.25, 0.3) is 5.91 Å². The predicted molar refractivity (Wildman–Crippen MR) is 98.3 cm³/mol. The van der Waals surface area contributed by atoms with Crippen LogP contribution in [0.15, 0.2) is 66.7 Å². The van der Waals surface area contributed by atoms with Gasteiger partial charge in [-0.05, 0) is 18.2 Å². The number of carbonyl (C=O) groups is 2. The zero-order valence-electron chi connectivity index (χ0n) is 15.0. The molecule has 1 aromatic heterocycles. The van der Waals surface area contributed by atoms with E-state index in [1.165, 1.54) is 10.7 Å². The molecule has 29 heavy (non-hydrogen) atoms. The van der Waals surface area contributed by atoms with Crippen LogP contribution in [0.5, 0.6) is 0 Å². The second-order valence-corrected chi connectivity index (χ2v) is 6.00. The summed E-state index contributed by atoms with van der Waals surface area (Å²) in [6.07, 6.45) is -4.55. The van der Waals surface area contributed by atoms with Gasteiger partial charge in [0.2, 0.25) is 0 Å². The van der Waals surface area contributed by atoms with E-state index in [-0.39, 0.29) is 5.69 Å². The summed E-state index contributed by atoms with van der Waals surface area (Å²) in [4.78, 5) is 24.0. The van der Waals surface area contributed by atoms with Crippen molar-refractivity contribution >= 4 is 11.9 Å². The second kappa shape index (κ2) is 8.59. The predicted octanol–water partition coefficient (Wildman–Crippen LogP) is 3.37. The van der Waals surface area contributed by atoms with E-state index in [4.69, 9.17) is 4.74 Å². The first kappa shape index (κ1) is 20.1. The lowest BCUT2D eigenvalue weighted by Gasteiger charge is -2.09. The van der Waals surface area contributed by atoms with Gasteiger partial charge in [-0.15, -0.1) is 0 Å². The number of aromatic nitrogens is 2. The van der Waals surface area contributed by atoms with Gasteiger partial charge >= 0.3 is 12.1 Å². The number of nitrogens with zero attached hydrogens (tertiary/aromatic N) is 2. The van der Waals surface area contributed by atoms with Crippen LogP contribution in [0.1, 0.15) is 10.5 Å². The number of hydrogen-bond donors (Lipinski definition) is 1. The molecule has 1 N–H and O–H groups in total. The summed E-state index contributed by atoms with van der Waals surface area (Å²) in [5, 5.41) is 6.08. The van der Waals surface area contributed by atoms with Gasteiger partial charge in [-0.3, -0.25) is 4.79 Å². The Kier molecular flexibility index (Phi) is 5.96. The fourth-order valence-corrected chi connectivity index (χ4v) is 2.50. The Morgan fingerprint density at radius 1 is 1.00 bits per heavy atom. The number of carbonyl (C=O) groups excluding carboxylic acids is 2. The summed E-state index contributed by atoms with van der Waals surface area (Å²) in [6, 6.07) is 19.4. The van der Waals surface area contributed by atoms with Crippen molar-refractivity contribution in [3.8, 4) is 16.9 Å². The number of esters is 1. The third kappa shape index (κ3) is 5.44. The minimum atomic E-state index is -4.55. The van der Waals surface area contributed by atoms with Gasteiger partial charge < -0.3 is 10.1 Å². The Morgan fingerprint density at radius 2 is 1.62 bits per heavy atom. The molecule has 0 bridgehead atoms. The molecule has 1 heterocycles. The molecule has 0 fully saturated rings. The maximum atomic E-state index is 12.5. The van der Waals surface area contributed by atoms with Crippen molar-refractivity contribution in [2.75, 3.05) is 13.2 Å². The average molecular weight is 403 g/mol. The van der Waals surface area contributed by atoms with E-state index in [9.17, 15) is 22.8 Å². The highest BCUT2D eigenvalue weighted by Crippen LogP contribution is 2.22. The van der Waals surface area contributed by atoms with E-state index in [0.29, 0.717) is 11.4 Å². The average Bonchev–Trinajstić information content (AvgIpc) is 3.17. The van der Waals surface area contributed by atoms with Crippen molar-refractivity contribution in [2.45, 2.75) is 6.18 Å². The Hall–Kier alpha value is -3.62.